The van der Waals surface area contributed by atoms with Crippen molar-refractivity contribution in [3.05, 3.63) is 12.2 Å². The third-order valence-corrected chi connectivity index (χ3v) is 10.9. The Hall–Kier alpha value is -3.23. The monoisotopic (exact) mass is 698 g/mol. The molecule has 1 aliphatic carbocycles. The van der Waals surface area contributed by atoms with Gasteiger partial charge in [-0.2, -0.15) is 0 Å². The van der Waals surface area contributed by atoms with Crippen LogP contribution in [0.4, 0.5) is 0 Å². The Morgan fingerprint density at radius 3 is 2.00 bits per heavy atom. The Bertz CT molecular complexity index is 1410. The van der Waals surface area contributed by atoms with E-state index in [2.05, 4.69) is 6.58 Å². The van der Waals surface area contributed by atoms with Crippen LogP contribution in [0.3, 0.4) is 0 Å². The number of halogens is 1. The van der Waals surface area contributed by atoms with Gasteiger partial charge in [0.05, 0.1) is 23.3 Å². The summed E-state index contributed by atoms with van der Waals surface area (Å²) in [7, 11) is 0. The average Bonchev–Trinajstić information content (AvgIpc) is 3.70. The van der Waals surface area contributed by atoms with E-state index in [4.69, 9.17) is 49.5 Å². The molecule has 14 nitrogen and oxygen atoms in total. The summed E-state index contributed by atoms with van der Waals surface area (Å²) in [5, 5.41) is -1.15. The van der Waals surface area contributed by atoms with Crippen LogP contribution in [0.25, 0.3) is 0 Å². The van der Waals surface area contributed by atoms with E-state index in [-0.39, 0.29) is 30.9 Å². The van der Waals surface area contributed by atoms with Crippen molar-refractivity contribution in [1.29, 1.82) is 0 Å². The normalized spacial score (nSPS) is 42.7. The largest absolute Gasteiger partial charge is 0.462 e. The van der Waals surface area contributed by atoms with Gasteiger partial charge >= 0.3 is 35.8 Å². The molecule has 2 spiro atoms. The van der Waals surface area contributed by atoms with E-state index in [0.29, 0.717) is 0 Å². The van der Waals surface area contributed by atoms with Crippen molar-refractivity contribution in [2.75, 3.05) is 6.61 Å². The van der Waals surface area contributed by atoms with Gasteiger partial charge in [-0.15, -0.1) is 11.6 Å². The molecule has 0 unspecified atom stereocenters. The first-order chi connectivity index (χ1) is 22.3. The van der Waals surface area contributed by atoms with Crippen LogP contribution in [0, 0.1) is 23.2 Å². The highest BCUT2D eigenvalue weighted by atomic mass is 35.5. The first-order valence-electron chi connectivity index (χ1n) is 16.0. The van der Waals surface area contributed by atoms with Gasteiger partial charge in [0.1, 0.15) is 30.0 Å². The fraction of sp³-hybridized carbons (Fsp3) is 0.758. The van der Waals surface area contributed by atoms with Gasteiger partial charge in [-0.05, 0) is 18.4 Å². The van der Waals surface area contributed by atoms with Crippen LogP contribution in [0.15, 0.2) is 12.2 Å². The molecule has 4 saturated heterocycles. The van der Waals surface area contributed by atoms with Crippen molar-refractivity contribution >= 4 is 47.4 Å². The maximum Gasteiger partial charge on any atom is 0.312 e. The Labute approximate surface area is 283 Å². The summed E-state index contributed by atoms with van der Waals surface area (Å²) in [6.07, 6.45) is -9.39. The molecule has 0 amide bonds. The number of hydrogen-bond donors (Lipinski definition) is 0. The van der Waals surface area contributed by atoms with Crippen LogP contribution in [0.1, 0.15) is 68.2 Å². The Morgan fingerprint density at radius 2 is 1.48 bits per heavy atom. The lowest BCUT2D eigenvalue weighted by molar-refractivity contribution is -0.315. The van der Waals surface area contributed by atoms with E-state index >= 15 is 0 Å². The topological polar surface area (TPSA) is 180 Å². The number of rotatable bonds is 7. The standard InChI is InChI=1S/C33H43ClO14/c1-13(2)10-22(39)46-21-11-20(42-16(5)35)31(9)26(32(21)12-41-32)29(45-19(8)38)33-15(4)30(40)47-27(33)23(34)14(3)24(48-33)25(43-17(6)36)28(31)44-18(7)37/h13,15,20-21,23-29H,3,10-12H2,1-2,4-9H3/t15-,20-,21+,23-,24+,25-,26+,27-,28-,29-,31-,32+,33-/m0/s1. The molecule has 13 atom stereocenters. The highest BCUT2D eigenvalue weighted by molar-refractivity contribution is 6.23. The van der Waals surface area contributed by atoms with Gasteiger partial charge < -0.3 is 37.9 Å². The lowest BCUT2D eigenvalue weighted by atomic mass is 9.50. The van der Waals surface area contributed by atoms with Crippen LogP contribution in [0.2, 0.25) is 0 Å². The second kappa shape index (κ2) is 12.6. The quantitative estimate of drug-likeness (QED) is 0.124. The molecule has 4 aliphatic heterocycles. The van der Waals surface area contributed by atoms with Crippen LogP contribution < -0.4 is 0 Å². The number of hydrogen-bond acceptors (Lipinski definition) is 14. The number of fused-ring (bicyclic) bond motifs is 3. The molecule has 2 bridgehead atoms. The van der Waals surface area contributed by atoms with Crippen molar-refractivity contribution in [2.24, 2.45) is 23.2 Å². The van der Waals surface area contributed by atoms with Crippen molar-refractivity contribution in [3.8, 4) is 0 Å². The maximum absolute atomic E-state index is 13.5. The maximum atomic E-state index is 13.5. The second-order valence-corrected chi connectivity index (χ2v) is 14.5. The average molecular weight is 699 g/mol. The zero-order valence-electron chi connectivity index (χ0n) is 28.3. The molecule has 0 aromatic heterocycles. The SMILES string of the molecule is C=C1[C@H]2O[C@]3([C@@H](C)C(=O)O[C@H]3[C@H]1Cl)[C@@H](OC(C)=O)[C@H]1[C@@]3(CO3)[C@H](OC(=O)CC(C)C)C[C@H](OC(C)=O)[C@]1(C)[C@@H](OC(C)=O)[C@H]2OC(C)=O. The van der Waals surface area contributed by atoms with Crippen molar-refractivity contribution in [2.45, 2.75) is 128 Å². The molecule has 0 N–H and O–H groups in total. The summed E-state index contributed by atoms with van der Waals surface area (Å²) < 4.78 is 49.0. The third kappa shape index (κ3) is 5.67. The van der Waals surface area contributed by atoms with Gasteiger partial charge in [-0.25, -0.2) is 0 Å². The first-order valence-corrected chi connectivity index (χ1v) is 16.5. The van der Waals surface area contributed by atoms with Gasteiger partial charge in [-0.1, -0.05) is 27.4 Å². The number of carbonyl (C=O) groups is 6. The highest BCUT2D eigenvalue weighted by Gasteiger charge is 2.82. The molecule has 0 aromatic rings. The minimum Gasteiger partial charge on any atom is -0.462 e. The molecule has 0 radical (unpaired) electrons. The predicted molar refractivity (Wildman–Crippen MR) is 162 cm³/mol. The Kier molecular flexibility index (Phi) is 9.45. The lowest BCUT2D eigenvalue weighted by Gasteiger charge is -2.63. The van der Waals surface area contributed by atoms with Crippen molar-refractivity contribution in [1.82, 2.24) is 0 Å². The van der Waals surface area contributed by atoms with Crippen LogP contribution in [-0.2, 0) is 66.7 Å². The van der Waals surface area contributed by atoms with Gasteiger partial charge in [0.15, 0.2) is 23.9 Å². The summed E-state index contributed by atoms with van der Waals surface area (Å²) in [5.74, 6) is -6.74. The smallest absolute Gasteiger partial charge is 0.312 e. The summed E-state index contributed by atoms with van der Waals surface area (Å²) in [6, 6.07) is 0. The number of carbonyl (C=O) groups excluding carboxylic acids is 6. The molecule has 48 heavy (non-hydrogen) atoms. The number of ether oxygens (including phenoxy) is 8. The van der Waals surface area contributed by atoms with Gasteiger partial charge in [-0.3, -0.25) is 28.8 Å². The van der Waals surface area contributed by atoms with E-state index in [0.717, 1.165) is 13.8 Å². The number of epoxide rings is 1. The minimum absolute atomic E-state index is 0.0349. The minimum atomic E-state index is -1.86. The molecule has 5 fully saturated rings. The second-order valence-electron chi connectivity index (χ2n) is 14.1. The highest BCUT2D eigenvalue weighted by Crippen LogP contribution is 2.66. The van der Waals surface area contributed by atoms with E-state index in [1.165, 1.54) is 20.8 Å². The van der Waals surface area contributed by atoms with E-state index < -0.39 is 112 Å². The van der Waals surface area contributed by atoms with E-state index in [1.807, 2.05) is 13.8 Å². The van der Waals surface area contributed by atoms with Crippen molar-refractivity contribution < 1.29 is 66.7 Å². The van der Waals surface area contributed by atoms with Crippen LogP contribution in [0.5, 0.6) is 0 Å². The Balaban J connectivity index is 1.86. The molecule has 5 rings (SSSR count). The first kappa shape index (κ1) is 36.1. The predicted octanol–water partition coefficient (Wildman–Crippen LogP) is 2.34. The molecular weight excluding hydrogens is 656 g/mol. The summed E-state index contributed by atoms with van der Waals surface area (Å²) in [5.41, 5.74) is -4.81. The van der Waals surface area contributed by atoms with Gasteiger partial charge in [0, 0.05) is 46.5 Å². The fourth-order valence-electron chi connectivity index (χ4n) is 8.44. The molecule has 0 aromatic carbocycles. The molecule has 266 valence electrons. The van der Waals surface area contributed by atoms with Gasteiger partial charge in [0.25, 0.3) is 0 Å². The van der Waals surface area contributed by atoms with Crippen LogP contribution in [-0.4, -0.2) is 102 Å². The van der Waals surface area contributed by atoms with E-state index in [9.17, 15) is 28.8 Å². The fourth-order valence-corrected chi connectivity index (χ4v) is 8.81. The zero-order valence-corrected chi connectivity index (χ0v) is 29.0. The molecule has 5 aliphatic rings. The molecule has 4 heterocycles. The summed E-state index contributed by atoms with van der Waals surface area (Å²) in [4.78, 5) is 78.2. The molecule has 15 heteroatoms. The number of alkyl halides is 1. The third-order valence-electron chi connectivity index (χ3n) is 10.4. The lowest BCUT2D eigenvalue weighted by Crippen LogP contribution is -2.78. The molecule has 1 saturated carbocycles. The number of esters is 6. The molecular formula is C33H43ClO14. The Morgan fingerprint density at radius 1 is 0.917 bits per heavy atom. The summed E-state index contributed by atoms with van der Waals surface area (Å²) in [6.45, 7) is 15.6. The van der Waals surface area contributed by atoms with Crippen molar-refractivity contribution in [3.63, 3.8) is 0 Å². The van der Waals surface area contributed by atoms with Crippen LogP contribution >= 0.6 is 11.6 Å². The van der Waals surface area contributed by atoms with E-state index in [1.54, 1.807) is 6.92 Å². The zero-order chi connectivity index (χ0) is 35.7. The van der Waals surface area contributed by atoms with Gasteiger partial charge in [0.2, 0.25) is 0 Å². The summed E-state index contributed by atoms with van der Waals surface area (Å²) >= 11 is 7.00.